The van der Waals surface area contributed by atoms with Crippen LogP contribution in [-0.2, 0) is 0 Å². The van der Waals surface area contributed by atoms with Crippen LogP contribution in [0.2, 0.25) is 0 Å². The first kappa shape index (κ1) is 18.3. The molecule has 0 unspecified atom stereocenters. The Labute approximate surface area is 167 Å². The van der Waals surface area contributed by atoms with E-state index in [1.165, 1.54) is 5.56 Å². The minimum Gasteiger partial charge on any atom is -0.454 e. The summed E-state index contributed by atoms with van der Waals surface area (Å²) in [5.41, 5.74) is 5.18. The maximum atomic E-state index is 5.49. The summed E-state index contributed by atoms with van der Waals surface area (Å²) < 4.78 is 12.8. The van der Waals surface area contributed by atoms with Crippen molar-refractivity contribution in [3.05, 3.63) is 76.4 Å². The van der Waals surface area contributed by atoms with Gasteiger partial charge in [-0.2, -0.15) is 5.10 Å². The van der Waals surface area contributed by atoms with Crippen molar-refractivity contribution in [1.29, 1.82) is 0 Å². The Morgan fingerprint density at radius 2 is 1.96 bits per heavy atom. The average Bonchev–Trinajstić information content (AvgIpc) is 3.33. The number of hydrogen-bond acceptors (Lipinski definition) is 5. The molecular weight excluding hydrogens is 370 g/mol. The van der Waals surface area contributed by atoms with Gasteiger partial charge in [0, 0.05) is 16.5 Å². The van der Waals surface area contributed by atoms with Crippen LogP contribution in [0, 0.1) is 6.92 Å². The highest BCUT2D eigenvalue weighted by Gasteiger charge is 2.15. The van der Waals surface area contributed by atoms with E-state index >= 15 is 0 Å². The quantitative estimate of drug-likeness (QED) is 0.471. The molecule has 1 aromatic heterocycles. The lowest BCUT2D eigenvalue weighted by Gasteiger charge is -2.07. The van der Waals surface area contributed by atoms with E-state index < -0.39 is 0 Å². The van der Waals surface area contributed by atoms with E-state index in [1.54, 1.807) is 17.4 Å². The first-order chi connectivity index (χ1) is 13.7. The van der Waals surface area contributed by atoms with Crippen molar-refractivity contribution in [3.8, 4) is 22.8 Å². The van der Waals surface area contributed by atoms with Crippen LogP contribution in [0.25, 0.3) is 11.3 Å². The third-order valence-corrected chi connectivity index (χ3v) is 5.28. The summed E-state index contributed by atoms with van der Waals surface area (Å²) in [6, 6.07) is 14.3. The maximum absolute atomic E-state index is 5.49. The first-order valence-corrected chi connectivity index (χ1v) is 9.88. The minimum atomic E-state index is 0.260. The predicted octanol–water partition coefficient (Wildman–Crippen LogP) is 4.61. The van der Waals surface area contributed by atoms with E-state index in [0.29, 0.717) is 6.54 Å². The number of hydrogen-bond donors (Lipinski definition) is 0. The number of aromatic nitrogens is 1. The molecule has 142 valence electrons. The van der Waals surface area contributed by atoms with E-state index in [0.717, 1.165) is 38.8 Å². The lowest BCUT2D eigenvalue weighted by Crippen LogP contribution is -2.14. The van der Waals surface area contributed by atoms with Gasteiger partial charge in [0.15, 0.2) is 11.5 Å². The number of nitrogens with zero attached hydrogens (tertiary/aromatic N) is 3. The zero-order valence-corrected chi connectivity index (χ0v) is 16.7. The summed E-state index contributed by atoms with van der Waals surface area (Å²) in [5, 5.41) is 6.97. The first-order valence-electron chi connectivity index (χ1n) is 9.00. The van der Waals surface area contributed by atoms with E-state index in [4.69, 9.17) is 14.6 Å². The molecule has 6 heteroatoms. The summed E-state index contributed by atoms with van der Waals surface area (Å²) in [6.45, 7) is 8.64. The van der Waals surface area contributed by atoms with Gasteiger partial charge in [-0.15, -0.1) is 17.9 Å². The third-order valence-electron chi connectivity index (χ3n) is 4.43. The molecule has 0 amide bonds. The van der Waals surface area contributed by atoms with Gasteiger partial charge in [0.1, 0.15) is 0 Å². The molecule has 0 fully saturated rings. The van der Waals surface area contributed by atoms with Crippen molar-refractivity contribution >= 4 is 17.0 Å². The second-order valence-electron chi connectivity index (χ2n) is 6.46. The maximum Gasteiger partial charge on any atom is 0.231 e. The molecule has 0 spiro atoms. The average molecular weight is 391 g/mol. The number of benzene rings is 2. The smallest absolute Gasteiger partial charge is 0.231 e. The Bertz CT molecular complexity index is 1110. The van der Waals surface area contributed by atoms with Crippen molar-refractivity contribution in [3.63, 3.8) is 0 Å². The van der Waals surface area contributed by atoms with Gasteiger partial charge >= 0.3 is 0 Å². The standard InChI is InChI=1S/C22H21N3O2S/c1-4-11-23-22-25(19(13-28-22)17-7-5-15(2)6-8-17)24-16(3)18-9-10-20-21(12-18)27-14-26-20/h4-10,12-13H,1,11,14H2,2-3H3. The monoisotopic (exact) mass is 391 g/mol. The Morgan fingerprint density at radius 1 is 1.18 bits per heavy atom. The van der Waals surface area contributed by atoms with Crippen LogP contribution in [0.5, 0.6) is 11.5 Å². The molecule has 0 bridgehead atoms. The number of fused-ring (bicyclic) bond motifs is 1. The van der Waals surface area contributed by atoms with Gasteiger partial charge in [-0.25, -0.2) is 4.68 Å². The Morgan fingerprint density at radius 3 is 2.75 bits per heavy atom. The number of rotatable bonds is 5. The second kappa shape index (κ2) is 7.86. The van der Waals surface area contributed by atoms with Crippen molar-refractivity contribution in [2.24, 2.45) is 10.1 Å². The Hall–Kier alpha value is -3.12. The molecule has 4 rings (SSSR count). The molecule has 2 heterocycles. The lowest BCUT2D eigenvalue weighted by atomic mass is 10.1. The van der Waals surface area contributed by atoms with Crippen molar-refractivity contribution in [2.45, 2.75) is 13.8 Å². The van der Waals surface area contributed by atoms with Crippen LogP contribution in [0.4, 0.5) is 0 Å². The van der Waals surface area contributed by atoms with Crippen LogP contribution < -0.4 is 14.3 Å². The van der Waals surface area contributed by atoms with Crippen molar-refractivity contribution in [1.82, 2.24) is 4.68 Å². The van der Waals surface area contributed by atoms with E-state index in [9.17, 15) is 0 Å². The fraction of sp³-hybridized carbons (Fsp3) is 0.182. The molecule has 1 aliphatic heterocycles. The zero-order valence-electron chi connectivity index (χ0n) is 15.9. The number of aryl methyl sites for hydroxylation is 1. The molecule has 2 aromatic carbocycles. The largest absolute Gasteiger partial charge is 0.454 e. The predicted molar refractivity (Wildman–Crippen MR) is 113 cm³/mol. The van der Waals surface area contributed by atoms with Gasteiger partial charge in [-0.3, -0.25) is 4.99 Å². The fourth-order valence-corrected chi connectivity index (χ4v) is 3.74. The molecule has 0 radical (unpaired) electrons. The Balaban J connectivity index is 1.80. The zero-order chi connectivity index (χ0) is 19.5. The van der Waals surface area contributed by atoms with Crippen LogP contribution in [-0.4, -0.2) is 23.7 Å². The van der Waals surface area contributed by atoms with Crippen LogP contribution in [0.1, 0.15) is 18.1 Å². The molecule has 1 aliphatic rings. The normalized spacial score (nSPS) is 13.8. The van der Waals surface area contributed by atoms with Gasteiger partial charge < -0.3 is 9.47 Å². The molecule has 0 N–H and O–H groups in total. The molecule has 0 saturated carbocycles. The van der Waals surface area contributed by atoms with Gasteiger partial charge in [0.05, 0.1) is 18.0 Å². The van der Waals surface area contributed by atoms with Crippen molar-refractivity contribution in [2.75, 3.05) is 13.3 Å². The molecule has 3 aromatic rings. The highest BCUT2D eigenvalue weighted by Crippen LogP contribution is 2.32. The van der Waals surface area contributed by atoms with E-state index in [-0.39, 0.29) is 6.79 Å². The highest BCUT2D eigenvalue weighted by atomic mass is 32.1. The van der Waals surface area contributed by atoms with Crippen molar-refractivity contribution < 1.29 is 9.47 Å². The van der Waals surface area contributed by atoms with E-state index in [2.05, 4.69) is 48.1 Å². The summed E-state index contributed by atoms with van der Waals surface area (Å²) in [5.74, 6) is 1.51. The topological polar surface area (TPSA) is 48.1 Å². The summed E-state index contributed by atoms with van der Waals surface area (Å²) >= 11 is 1.57. The third kappa shape index (κ3) is 3.64. The summed E-state index contributed by atoms with van der Waals surface area (Å²) in [7, 11) is 0. The van der Waals surface area contributed by atoms with Gasteiger partial charge in [-0.1, -0.05) is 35.9 Å². The van der Waals surface area contributed by atoms with Gasteiger partial charge in [-0.05, 0) is 32.0 Å². The highest BCUT2D eigenvalue weighted by molar-refractivity contribution is 7.07. The minimum absolute atomic E-state index is 0.260. The van der Waals surface area contributed by atoms with Gasteiger partial charge in [0.25, 0.3) is 0 Å². The molecule has 0 saturated heterocycles. The number of ether oxygens (including phenoxy) is 2. The number of thiazole rings is 1. The molecular formula is C22H21N3O2S. The van der Waals surface area contributed by atoms with Crippen LogP contribution in [0.15, 0.2) is 70.6 Å². The molecule has 28 heavy (non-hydrogen) atoms. The summed E-state index contributed by atoms with van der Waals surface area (Å²) in [6.07, 6.45) is 1.78. The Kier molecular flexibility index (Phi) is 5.12. The second-order valence-corrected chi connectivity index (χ2v) is 7.30. The lowest BCUT2D eigenvalue weighted by molar-refractivity contribution is 0.174. The molecule has 0 aliphatic carbocycles. The summed E-state index contributed by atoms with van der Waals surface area (Å²) in [4.78, 5) is 5.43. The molecule has 0 atom stereocenters. The van der Waals surface area contributed by atoms with E-state index in [1.807, 2.05) is 29.8 Å². The molecule has 5 nitrogen and oxygen atoms in total. The van der Waals surface area contributed by atoms with Gasteiger partial charge in [0.2, 0.25) is 11.6 Å². The fourth-order valence-electron chi connectivity index (χ4n) is 2.90. The SMILES string of the molecule is C=CCN=c1scc(-c2ccc(C)cc2)n1N=C(C)c1ccc2c(c1)OCO2. The van der Waals surface area contributed by atoms with Crippen LogP contribution in [0.3, 0.4) is 0 Å². The van der Waals surface area contributed by atoms with Crippen LogP contribution >= 0.6 is 11.3 Å².